The van der Waals surface area contributed by atoms with Crippen LogP contribution < -0.4 is 81.8 Å². The maximum absolute atomic E-state index is 18.2. The second-order valence-electron chi connectivity index (χ2n) is 28.6. The van der Waals surface area contributed by atoms with Gasteiger partial charge in [0, 0.05) is 121 Å². The van der Waals surface area contributed by atoms with Crippen LogP contribution in [0.1, 0.15) is 0 Å². The summed E-state index contributed by atoms with van der Waals surface area (Å²) in [6, 6.07) is 107. The van der Waals surface area contributed by atoms with Gasteiger partial charge in [-0.05, 0) is 181 Å². The van der Waals surface area contributed by atoms with Crippen LogP contribution in [0.5, 0.6) is 23.0 Å². The van der Waals surface area contributed by atoms with Crippen molar-refractivity contribution in [1.82, 2.24) is 0 Å². The lowest BCUT2D eigenvalue weighted by molar-refractivity contribution is 0.486. The van der Waals surface area contributed by atoms with Crippen molar-refractivity contribution in [1.29, 1.82) is 0 Å². The number of nitrogens with zero attached hydrogens (tertiary/aromatic N) is 5. The molecule has 17 aromatic rings. The Labute approximate surface area is 659 Å². The molecule has 0 saturated heterocycles. The first-order valence-corrected chi connectivity index (χ1v) is 40.3. The third-order valence-electron chi connectivity index (χ3n) is 22.4. The van der Waals surface area contributed by atoms with Gasteiger partial charge < -0.3 is 34.0 Å². The maximum atomic E-state index is 18.2. The molecule has 15 aromatic carbocycles. The predicted molar refractivity (Wildman–Crippen MR) is 459 cm³/mol. The molecule has 0 fully saturated rings. The Morgan fingerprint density at radius 1 is 0.268 bits per heavy atom. The molecule has 0 spiro atoms. The van der Waals surface area contributed by atoms with Gasteiger partial charge in [-0.15, -0.1) is 22.7 Å². The molecule has 2 aromatic heterocycles. The van der Waals surface area contributed by atoms with Crippen molar-refractivity contribution >= 4 is 220 Å². The fraction of sp³-hybridized carbons (Fsp3) is 0. The lowest BCUT2D eigenvalue weighted by Gasteiger charge is -2.46. The zero-order valence-corrected chi connectivity index (χ0v) is 62.4. The molecule has 0 bridgehead atoms. The SMILES string of the molecule is Fc1cccc(F)c1N1c2cc3c(cc2B2c4cc5c(cc4N(c4c(F)cccc4F)c4cc(N(c6ccccc6)c6ccccc6)cc1c42)Oc1cc(N(c2ccccc2)c2ccccc2)cc2c1B5c1sc4ccccc4c1S2)B1c2sc4ccccc4c2Sc2cc(N(c4ccccc4)c4ccccc4)cc(c21)O3. The van der Waals surface area contributed by atoms with E-state index in [0.29, 0.717) is 67.8 Å². The molecule has 112 heavy (non-hydrogen) atoms. The first-order valence-electron chi connectivity index (χ1n) is 37.0. The number of ether oxygens (including phenoxy) is 2. The molecule has 0 amide bonds. The van der Waals surface area contributed by atoms with Crippen molar-refractivity contribution in [3.63, 3.8) is 0 Å². The predicted octanol–water partition coefficient (Wildman–Crippen LogP) is 21.3. The maximum Gasteiger partial charge on any atom is 0.266 e. The normalized spacial score (nSPS) is 13.3. The van der Waals surface area contributed by atoms with Gasteiger partial charge in [0.25, 0.3) is 20.1 Å². The highest BCUT2D eigenvalue weighted by molar-refractivity contribution is 8.01. The summed E-state index contributed by atoms with van der Waals surface area (Å²) in [5.41, 5.74) is 14.2. The average molecular weight is 1520 g/mol. The van der Waals surface area contributed by atoms with Gasteiger partial charge in [0.1, 0.15) is 57.6 Å². The Bertz CT molecular complexity index is 6270. The highest BCUT2D eigenvalue weighted by atomic mass is 32.2. The Balaban J connectivity index is 0.829. The minimum Gasteiger partial charge on any atom is -0.458 e. The minimum atomic E-state index is -0.826. The number of benzene rings is 15. The van der Waals surface area contributed by atoms with Crippen molar-refractivity contribution < 1.29 is 27.0 Å². The third-order valence-corrected chi connectivity index (χ3v) is 27.5. The summed E-state index contributed by atoms with van der Waals surface area (Å²) in [4.78, 5) is 14.3. The minimum absolute atomic E-state index is 0.345. The van der Waals surface area contributed by atoms with E-state index in [4.69, 9.17) is 9.47 Å². The summed E-state index contributed by atoms with van der Waals surface area (Å²) in [6.07, 6.45) is 0. The highest BCUT2D eigenvalue weighted by Gasteiger charge is 2.51. The second-order valence-corrected chi connectivity index (χ2v) is 32.9. The van der Waals surface area contributed by atoms with Crippen molar-refractivity contribution in [2.45, 2.75) is 19.6 Å². The lowest BCUT2D eigenvalue weighted by Crippen LogP contribution is -2.65. The molecule has 528 valence electrons. The first kappa shape index (κ1) is 65.3. The smallest absolute Gasteiger partial charge is 0.266 e. The molecular weight excluding hydrogens is 1470 g/mol. The van der Waals surface area contributed by atoms with Crippen LogP contribution >= 0.6 is 46.2 Å². The second kappa shape index (κ2) is 25.5. The Hall–Kier alpha value is -12.6. The van der Waals surface area contributed by atoms with E-state index < -0.39 is 43.4 Å². The molecule has 8 heterocycles. The number of para-hydroxylation sites is 8. The number of thiophene rings is 2. The van der Waals surface area contributed by atoms with E-state index in [1.165, 1.54) is 36.4 Å². The van der Waals surface area contributed by atoms with Crippen LogP contribution in [0.3, 0.4) is 0 Å². The Kier molecular flexibility index (Phi) is 14.9. The summed E-state index contributed by atoms with van der Waals surface area (Å²) in [5.74, 6) is -1.01. The molecule has 0 radical (unpaired) electrons. The Morgan fingerprint density at radius 3 is 0.938 bits per heavy atom. The zero-order chi connectivity index (χ0) is 74.1. The van der Waals surface area contributed by atoms with Crippen LogP contribution in [-0.4, -0.2) is 20.1 Å². The van der Waals surface area contributed by atoms with Crippen LogP contribution in [-0.2, 0) is 0 Å². The number of rotatable bonds is 11. The van der Waals surface area contributed by atoms with Gasteiger partial charge in [0.2, 0.25) is 0 Å². The summed E-state index contributed by atoms with van der Waals surface area (Å²) >= 11 is 7.02. The summed E-state index contributed by atoms with van der Waals surface area (Å²) < 4.78 is 92.5. The monoisotopic (exact) mass is 1520 g/mol. The molecule has 23 rings (SSSR count). The molecule has 0 N–H and O–H groups in total. The quantitative estimate of drug-likeness (QED) is 0.0929. The van der Waals surface area contributed by atoms with E-state index in [2.05, 4.69) is 148 Å². The molecule has 18 heteroatoms. The molecule has 0 aliphatic carbocycles. The van der Waals surface area contributed by atoms with Crippen molar-refractivity contribution in [2.24, 2.45) is 0 Å². The van der Waals surface area contributed by atoms with E-state index in [9.17, 15) is 0 Å². The van der Waals surface area contributed by atoms with Crippen LogP contribution in [0.2, 0.25) is 0 Å². The fourth-order valence-corrected chi connectivity index (χ4v) is 23.4. The summed E-state index contributed by atoms with van der Waals surface area (Å²) in [6.45, 7) is -1.64. The average Bonchev–Trinajstić information content (AvgIpc) is 0.847. The molecular formula is C94H54B3F4N5O2S4. The van der Waals surface area contributed by atoms with Crippen molar-refractivity contribution in [3.8, 4) is 23.0 Å². The number of fused-ring (bicyclic) bond motifs is 16. The van der Waals surface area contributed by atoms with Crippen molar-refractivity contribution in [2.75, 3.05) is 24.5 Å². The van der Waals surface area contributed by atoms with Gasteiger partial charge in [-0.1, -0.05) is 193 Å². The highest BCUT2D eigenvalue weighted by Crippen LogP contribution is 2.55. The van der Waals surface area contributed by atoms with Gasteiger partial charge >= 0.3 is 0 Å². The van der Waals surface area contributed by atoms with Crippen LogP contribution in [0.15, 0.2) is 347 Å². The number of anilines is 15. The van der Waals surface area contributed by atoms with Gasteiger partial charge in [-0.2, -0.15) is 0 Å². The molecule has 0 unspecified atom stereocenters. The standard InChI is InChI=1S/C94H54B3F4N5O2S4/c98-70-39-23-40-71(99)89(70)105-74-53-78-68(96-87-80(107-78)47-62(103(57-29-11-3-12-30-57)58-31-13-4-14-32-58)49-84(87)109-91-64-37-19-21-43-82(64)111-93(91)96)51-66(74)95-67-52-69-79(54-75(67)106(90-72(100)41-24-42-73(90)101)77-46-61(45-76(105)86(77)95)102(55-25-7-1-8-26-55)56-27-9-2-10-28-56)108-81-48-63(104(59-33-15-5-16-34-59)60-35-17-6-18-36-60)50-85-88(81)97(69)94-92(110-85)65-38-20-22-44-83(65)112-94/h1-54H. The van der Waals surface area contributed by atoms with Gasteiger partial charge in [0.15, 0.2) is 0 Å². The molecule has 0 saturated carbocycles. The fourth-order valence-electron chi connectivity index (χ4n) is 17.8. The summed E-state index contributed by atoms with van der Waals surface area (Å²) in [7, 11) is 0. The van der Waals surface area contributed by atoms with Gasteiger partial charge in [-0.25, -0.2) is 17.6 Å². The Morgan fingerprint density at radius 2 is 0.589 bits per heavy atom. The van der Waals surface area contributed by atoms with Gasteiger partial charge in [0.05, 0.1) is 17.1 Å². The molecule has 6 aliphatic rings. The molecule has 6 aliphatic heterocycles. The lowest BCUT2D eigenvalue weighted by atomic mass is 9.30. The van der Waals surface area contributed by atoms with Gasteiger partial charge in [-0.3, -0.25) is 0 Å². The van der Waals surface area contributed by atoms with E-state index in [1.807, 2.05) is 158 Å². The number of hydrogen-bond donors (Lipinski definition) is 0. The number of halogens is 4. The van der Waals surface area contributed by atoms with Crippen molar-refractivity contribution in [3.05, 3.63) is 351 Å². The largest absolute Gasteiger partial charge is 0.458 e. The number of hydrogen-bond acceptors (Lipinski definition) is 11. The van der Waals surface area contributed by atoms with E-state index in [0.717, 1.165) is 117 Å². The first-order chi connectivity index (χ1) is 55.2. The van der Waals surface area contributed by atoms with E-state index in [-0.39, 0.29) is 11.4 Å². The van der Waals surface area contributed by atoms with E-state index >= 15 is 17.6 Å². The van der Waals surface area contributed by atoms with Crippen LogP contribution in [0.4, 0.5) is 103 Å². The van der Waals surface area contributed by atoms with Crippen LogP contribution in [0, 0.1) is 23.3 Å². The topological polar surface area (TPSA) is 34.7 Å². The molecule has 0 atom stereocenters. The molecule has 7 nitrogen and oxygen atoms in total. The summed E-state index contributed by atoms with van der Waals surface area (Å²) in [5, 5.41) is 2.27. The van der Waals surface area contributed by atoms with Crippen LogP contribution in [0.25, 0.3) is 20.2 Å². The zero-order valence-electron chi connectivity index (χ0n) is 59.1. The van der Waals surface area contributed by atoms with E-state index in [1.54, 1.807) is 56.0 Å². The third kappa shape index (κ3) is 9.97.